The van der Waals surface area contributed by atoms with E-state index in [4.69, 9.17) is 11.5 Å². The number of halogens is 3. The van der Waals surface area contributed by atoms with Crippen LogP contribution in [0.5, 0.6) is 0 Å². The van der Waals surface area contributed by atoms with Gasteiger partial charge in [-0.15, -0.1) is 24.8 Å². The maximum absolute atomic E-state index is 12.5. The molecule has 0 bridgehead atoms. The lowest BCUT2D eigenvalue weighted by Gasteiger charge is -2.09. The molecule has 0 aromatic heterocycles. The molecule has 88 valence electrons. The molecule has 0 radical (unpaired) electrons. The smallest absolute Gasteiger partial charge is 0.123 e. The Morgan fingerprint density at radius 2 is 1.67 bits per heavy atom. The van der Waals surface area contributed by atoms with Gasteiger partial charge >= 0.3 is 0 Å². The summed E-state index contributed by atoms with van der Waals surface area (Å²) < 4.78 is 12.5. The second-order valence-corrected chi connectivity index (χ2v) is 3.17. The third-order valence-electron chi connectivity index (χ3n) is 1.95. The summed E-state index contributed by atoms with van der Waals surface area (Å²) in [6.45, 7) is 0.600. The molecule has 0 aliphatic carbocycles. The lowest BCUT2D eigenvalue weighted by Crippen LogP contribution is -2.25. The summed E-state index contributed by atoms with van der Waals surface area (Å²) in [5.41, 5.74) is 12.2. The fourth-order valence-corrected chi connectivity index (χ4v) is 1.24. The van der Waals surface area contributed by atoms with Gasteiger partial charge in [0.05, 0.1) is 0 Å². The van der Waals surface area contributed by atoms with E-state index in [1.54, 1.807) is 12.1 Å². The van der Waals surface area contributed by atoms with Crippen LogP contribution in [-0.2, 0) is 6.42 Å². The molecule has 1 aromatic carbocycles. The van der Waals surface area contributed by atoms with Crippen molar-refractivity contribution in [3.63, 3.8) is 0 Å². The molecule has 15 heavy (non-hydrogen) atoms. The quantitative estimate of drug-likeness (QED) is 0.863. The van der Waals surface area contributed by atoms with Gasteiger partial charge in [-0.3, -0.25) is 0 Å². The molecular weight excluding hydrogens is 238 g/mol. The molecule has 2 nitrogen and oxygen atoms in total. The summed E-state index contributed by atoms with van der Waals surface area (Å²) >= 11 is 0. The van der Waals surface area contributed by atoms with E-state index in [2.05, 4.69) is 0 Å². The third kappa shape index (κ3) is 6.68. The topological polar surface area (TPSA) is 52.0 Å². The average molecular weight is 255 g/mol. The standard InChI is InChI=1S/C10H15FN2.2ClH/c11-9-3-1-8(2-4-9)7-10(13)5-6-12;;/h1-4,10H,5-7,12-13H2;2*1H. The molecule has 0 amide bonds. The van der Waals surface area contributed by atoms with Crippen LogP contribution >= 0.6 is 24.8 Å². The van der Waals surface area contributed by atoms with E-state index in [1.165, 1.54) is 12.1 Å². The van der Waals surface area contributed by atoms with Crippen molar-refractivity contribution in [2.24, 2.45) is 11.5 Å². The van der Waals surface area contributed by atoms with Crippen molar-refractivity contribution in [1.82, 2.24) is 0 Å². The van der Waals surface area contributed by atoms with Crippen molar-refractivity contribution in [2.45, 2.75) is 18.9 Å². The van der Waals surface area contributed by atoms with Gasteiger partial charge < -0.3 is 11.5 Å². The first-order chi connectivity index (χ1) is 6.22. The average Bonchev–Trinajstić information content (AvgIpc) is 2.09. The van der Waals surface area contributed by atoms with Gasteiger partial charge in [0.25, 0.3) is 0 Å². The van der Waals surface area contributed by atoms with Crippen molar-refractivity contribution in [1.29, 1.82) is 0 Å². The molecule has 0 fully saturated rings. The number of benzene rings is 1. The summed E-state index contributed by atoms with van der Waals surface area (Å²) in [5.74, 6) is -0.212. The second-order valence-electron chi connectivity index (χ2n) is 3.17. The number of hydrogen-bond donors (Lipinski definition) is 2. The zero-order chi connectivity index (χ0) is 9.68. The number of nitrogens with two attached hydrogens (primary N) is 2. The monoisotopic (exact) mass is 254 g/mol. The molecule has 0 aliphatic rings. The highest BCUT2D eigenvalue weighted by Gasteiger charge is 2.02. The molecule has 0 heterocycles. The van der Waals surface area contributed by atoms with Crippen molar-refractivity contribution in [3.05, 3.63) is 35.6 Å². The zero-order valence-corrected chi connectivity index (χ0v) is 9.99. The molecule has 1 rings (SSSR count). The fraction of sp³-hybridized carbons (Fsp3) is 0.400. The van der Waals surface area contributed by atoms with E-state index < -0.39 is 0 Å². The Balaban J connectivity index is 0. The van der Waals surface area contributed by atoms with E-state index in [9.17, 15) is 4.39 Å². The van der Waals surface area contributed by atoms with Gasteiger partial charge in [0.2, 0.25) is 0 Å². The Kier molecular flexibility index (Phi) is 10.1. The summed E-state index contributed by atoms with van der Waals surface area (Å²) in [6.07, 6.45) is 1.56. The summed E-state index contributed by atoms with van der Waals surface area (Å²) in [7, 11) is 0. The minimum atomic E-state index is -0.212. The molecular formula is C10H17Cl2FN2. The first kappa shape index (κ1) is 17.1. The predicted molar refractivity (Wildman–Crippen MR) is 66.2 cm³/mol. The van der Waals surface area contributed by atoms with Gasteiger partial charge in [-0.05, 0) is 37.1 Å². The largest absolute Gasteiger partial charge is 0.330 e. The van der Waals surface area contributed by atoms with Gasteiger partial charge in [-0.1, -0.05) is 12.1 Å². The summed E-state index contributed by atoms with van der Waals surface area (Å²) in [4.78, 5) is 0. The first-order valence-electron chi connectivity index (χ1n) is 4.42. The molecule has 4 N–H and O–H groups in total. The van der Waals surface area contributed by atoms with E-state index in [0.717, 1.165) is 18.4 Å². The second kappa shape index (κ2) is 8.92. The van der Waals surface area contributed by atoms with Crippen molar-refractivity contribution >= 4 is 24.8 Å². The number of hydrogen-bond acceptors (Lipinski definition) is 2. The Morgan fingerprint density at radius 3 is 2.13 bits per heavy atom. The maximum atomic E-state index is 12.5. The van der Waals surface area contributed by atoms with Crippen molar-refractivity contribution < 1.29 is 4.39 Å². The molecule has 0 spiro atoms. The minimum absolute atomic E-state index is 0. The van der Waals surface area contributed by atoms with Crippen LogP contribution in [0.25, 0.3) is 0 Å². The highest BCUT2D eigenvalue weighted by molar-refractivity contribution is 5.85. The molecule has 5 heteroatoms. The Morgan fingerprint density at radius 1 is 1.13 bits per heavy atom. The molecule has 1 atom stereocenters. The van der Waals surface area contributed by atoms with Crippen LogP contribution in [0.1, 0.15) is 12.0 Å². The van der Waals surface area contributed by atoms with Crippen LogP contribution in [0, 0.1) is 5.82 Å². The fourth-order valence-electron chi connectivity index (χ4n) is 1.24. The predicted octanol–water partition coefficient (Wildman–Crippen LogP) is 1.89. The van der Waals surface area contributed by atoms with Crippen LogP contribution in [0.15, 0.2) is 24.3 Å². The SMILES string of the molecule is Cl.Cl.NCCC(N)Cc1ccc(F)cc1. The maximum Gasteiger partial charge on any atom is 0.123 e. The number of rotatable bonds is 4. The van der Waals surface area contributed by atoms with E-state index in [1.807, 2.05) is 0 Å². The van der Waals surface area contributed by atoms with Gasteiger partial charge in [0, 0.05) is 6.04 Å². The molecule has 1 unspecified atom stereocenters. The minimum Gasteiger partial charge on any atom is -0.330 e. The molecule has 0 aliphatic heterocycles. The Labute approximate surface area is 102 Å². The van der Waals surface area contributed by atoms with Crippen LogP contribution in [0.2, 0.25) is 0 Å². The lowest BCUT2D eigenvalue weighted by atomic mass is 10.0. The van der Waals surface area contributed by atoms with Crippen LogP contribution in [0.4, 0.5) is 4.39 Å². The van der Waals surface area contributed by atoms with Gasteiger partial charge in [-0.25, -0.2) is 4.39 Å². The van der Waals surface area contributed by atoms with Crippen molar-refractivity contribution in [2.75, 3.05) is 6.54 Å². The van der Waals surface area contributed by atoms with Crippen LogP contribution in [0.3, 0.4) is 0 Å². The Bertz CT molecular complexity index is 254. The van der Waals surface area contributed by atoms with E-state index in [-0.39, 0.29) is 36.7 Å². The highest BCUT2D eigenvalue weighted by atomic mass is 35.5. The van der Waals surface area contributed by atoms with Crippen molar-refractivity contribution in [3.8, 4) is 0 Å². The van der Waals surface area contributed by atoms with Gasteiger partial charge in [0.15, 0.2) is 0 Å². The molecule has 0 saturated heterocycles. The Hall–Kier alpha value is -0.350. The summed E-state index contributed by atoms with van der Waals surface area (Å²) in [6, 6.07) is 6.49. The highest BCUT2D eigenvalue weighted by Crippen LogP contribution is 2.05. The molecule has 0 saturated carbocycles. The van der Waals surface area contributed by atoms with Crippen LogP contribution < -0.4 is 11.5 Å². The third-order valence-corrected chi connectivity index (χ3v) is 1.95. The van der Waals surface area contributed by atoms with Gasteiger partial charge in [-0.2, -0.15) is 0 Å². The zero-order valence-electron chi connectivity index (χ0n) is 8.36. The first-order valence-corrected chi connectivity index (χ1v) is 4.42. The lowest BCUT2D eigenvalue weighted by molar-refractivity contribution is 0.611. The normalized spacial score (nSPS) is 11.1. The van der Waals surface area contributed by atoms with E-state index in [0.29, 0.717) is 6.54 Å². The van der Waals surface area contributed by atoms with E-state index >= 15 is 0 Å². The molecule has 1 aromatic rings. The van der Waals surface area contributed by atoms with Gasteiger partial charge in [0.1, 0.15) is 5.82 Å². The summed E-state index contributed by atoms with van der Waals surface area (Å²) in [5, 5.41) is 0. The van der Waals surface area contributed by atoms with Crippen LogP contribution in [-0.4, -0.2) is 12.6 Å².